The third-order valence-corrected chi connectivity index (χ3v) is 5.30. The minimum Gasteiger partial charge on any atom is -0.369 e. The molecule has 2 aromatic heterocycles. The van der Waals surface area contributed by atoms with E-state index in [-0.39, 0.29) is 11.6 Å². The van der Waals surface area contributed by atoms with Crippen LogP contribution in [0.2, 0.25) is 0 Å². The van der Waals surface area contributed by atoms with Crippen LogP contribution in [-0.2, 0) is 7.05 Å². The van der Waals surface area contributed by atoms with E-state index in [0.717, 1.165) is 30.9 Å². The number of nitrogens with zero attached hydrogens (tertiary/aromatic N) is 6. The number of piperazine rings is 1. The van der Waals surface area contributed by atoms with Gasteiger partial charge in [-0.05, 0) is 31.2 Å². The van der Waals surface area contributed by atoms with E-state index in [9.17, 15) is 4.79 Å². The fourth-order valence-corrected chi connectivity index (χ4v) is 3.70. The van der Waals surface area contributed by atoms with E-state index in [1.807, 2.05) is 36.4 Å². The minimum absolute atomic E-state index is 0.0822. The molecule has 0 amide bonds. The molecular formula is C22H22N6O. The van der Waals surface area contributed by atoms with Gasteiger partial charge in [0.25, 0.3) is 5.56 Å². The summed E-state index contributed by atoms with van der Waals surface area (Å²) in [5, 5.41) is 0. The third kappa shape index (κ3) is 3.69. The molecule has 1 aliphatic rings. The van der Waals surface area contributed by atoms with Gasteiger partial charge in [0.2, 0.25) is 5.95 Å². The molecule has 1 atom stereocenters. The van der Waals surface area contributed by atoms with Crippen LogP contribution in [0.4, 0.5) is 17.3 Å². The van der Waals surface area contributed by atoms with Gasteiger partial charge in [-0.3, -0.25) is 14.3 Å². The van der Waals surface area contributed by atoms with Gasteiger partial charge in [-0.2, -0.15) is 0 Å². The van der Waals surface area contributed by atoms with E-state index in [0.29, 0.717) is 17.3 Å². The topological polar surface area (TPSA) is 58.6 Å². The molecule has 0 aliphatic carbocycles. The molecule has 0 bridgehead atoms. The monoisotopic (exact) mass is 386 g/mol. The highest BCUT2D eigenvalue weighted by atomic mass is 16.1. The second-order valence-electron chi connectivity index (χ2n) is 7.19. The summed E-state index contributed by atoms with van der Waals surface area (Å²) in [6.45, 7) is 11.7. The lowest BCUT2D eigenvalue weighted by molar-refractivity contribution is 0.530. The maximum atomic E-state index is 12.6. The summed E-state index contributed by atoms with van der Waals surface area (Å²) in [6, 6.07) is 13.1. The van der Waals surface area contributed by atoms with Crippen molar-refractivity contribution in [1.82, 2.24) is 14.5 Å². The molecule has 1 aromatic carbocycles. The van der Waals surface area contributed by atoms with Crippen molar-refractivity contribution in [2.45, 2.75) is 13.0 Å². The van der Waals surface area contributed by atoms with Gasteiger partial charge < -0.3 is 9.80 Å². The van der Waals surface area contributed by atoms with Crippen LogP contribution in [-0.4, -0.2) is 40.2 Å². The van der Waals surface area contributed by atoms with Gasteiger partial charge in [-0.25, -0.2) is 9.83 Å². The predicted molar refractivity (Wildman–Crippen MR) is 114 cm³/mol. The molecule has 4 rings (SSSR count). The minimum atomic E-state index is -0.0822. The second-order valence-corrected chi connectivity index (χ2v) is 7.19. The van der Waals surface area contributed by atoms with Crippen LogP contribution in [0, 0.1) is 6.57 Å². The number of anilines is 2. The van der Waals surface area contributed by atoms with Crippen LogP contribution in [0.15, 0.2) is 59.7 Å². The number of rotatable bonds is 3. The Morgan fingerprint density at radius 2 is 1.93 bits per heavy atom. The fraction of sp³-hybridized carbons (Fsp3) is 0.273. The first-order chi connectivity index (χ1) is 14.1. The highest BCUT2D eigenvalue weighted by Gasteiger charge is 2.27. The molecular weight excluding hydrogens is 364 g/mol. The van der Waals surface area contributed by atoms with Crippen molar-refractivity contribution in [3.8, 4) is 11.3 Å². The summed E-state index contributed by atoms with van der Waals surface area (Å²) < 4.78 is 1.61. The van der Waals surface area contributed by atoms with Gasteiger partial charge in [0.05, 0.1) is 12.3 Å². The average Bonchev–Trinajstić information content (AvgIpc) is 2.76. The zero-order valence-electron chi connectivity index (χ0n) is 16.5. The smallest absolute Gasteiger partial charge is 0.255 e. The van der Waals surface area contributed by atoms with Gasteiger partial charge in [0.15, 0.2) is 5.69 Å². The summed E-state index contributed by atoms with van der Waals surface area (Å²) in [5.74, 6) is 0.673. The Morgan fingerprint density at radius 1 is 1.14 bits per heavy atom. The van der Waals surface area contributed by atoms with Gasteiger partial charge in [0, 0.05) is 62.4 Å². The van der Waals surface area contributed by atoms with Crippen LogP contribution in [0.25, 0.3) is 16.1 Å². The standard InChI is InChI=1S/C22H22N6O/c1-16-15-27(19-6-4-5-18(13-19)23-2)11-12-28(16)22-25-20(14-21(29)26(22)3)17-7-9-24-10-8-17/h4-10,13-14,16H,11-12,15H2,1,3H3/t16-/m1/s1. The normalized spacial score (nSPS) is 16.5. The molecule has 1 saturated heterocycles. The quantitative estimate of drug-likeness (QED) is 0.648. The first kappa shape index (κ1) is 18.7. The Hall–Kier alpha value is -3.66. The molecule has 0 spiro atoms. The van der Waals surface area contributed by atoms with Crippen molar-refractivity contribution in [3.63, 3.8) is 0 Å². The van der Waals surface area contributed by atoms with Crippen molar-refractivity contribution in [2.75, 3.05) is 29.4 Å². The molecule has 1 fully saturated rings. The number of hydrogen-bond acceptors (Lipinski definition) is 5. The van der Waals surface area contributed by atoms with Crippen LogP contribution in [0.3, 0.4) is 0 Å². The van der Waals surface area contributed by atoms with E-state index in [4.69, 9.17) is 11.6 Å². The zero-order valence-corrected chi connectivity index (χ0v) is 16.5. The fourth-order valence-electron chi connectivity index (χ4n) is 3.70. The highest BCUT2D eigenvalue weighted by Crippen LogP contribution is 2.26. The van der Waals surface area contributed by atoms with Crippen molar-refractivity contribution >= 4 is 17.3 Å². The molecule has 3 heterocycles. The van der Waals surface area contributed by atoms with Crippen molar-refractivity contribution in [2.24, 2.45) is 7.05 Å². The lowest BCUT2D eigenvalue weighted by atomic mass is 10.1. The first-order valence-electron chi connectivity index (χ1n) is 9.54. The molecule has 7 nitrogen and oxygen atoms in total. The Kier molecular flexibility index (Phi) is 5.00. The van der Waals surface area contributed by atoms with Gasteiger partial charge in [-0.15, -0.1) is 0 Å². The summed E-state index contributed by atoms with van der Waals surface area (Å²) in [7, 11) is 1.76. The Morgan fingerprint density at radius 3 is 2.66 bits per heavy atom. The Bertz CT molecular complexity index is 1120. The molecule has 0 radical (unpaired) electrons. The maximum absolute atomic E-state index is 12.6. The SMILES string of the molecule is [C-]#[N+]c1cccc(N2CCN(c3nc(-c4ccncc4)cc(=O)n3C)[C@H](C)C2)c1. The Labute approximate surface area is 169 Å². The summed E-state index contributed by atoms with van der Waals surface area (Å²) in [4.78, 5) is 29.4. The van der Waals surface area contributed by atoms with Gasteiger partial charge in [0.1, 0.15) is 0 Å². The van der Waals surface area contributed by atoms with Crippen LogP contribution >= 0.6 is 0 Å². The lowest BCUT2D eigenvalue weighted by Gasteiger charge is -2.42. The van der Waals surface area contributed by atoms with Crippen LogP contribution in [0.1, 0.15) is 6.92 Å². The molecule has 146 valence electrons. The second kappa shape index (κ2) is 7.76. The highest BCUT2D eigenvalue weighted by molar-refractivity contribution is 5.61. The predicted octanol–water partition coefficient (Wildman–Crippen LogP) is 3.11. The van der Waals surface area contributed by atoms with Crippen molar-refractivity contribution in [1.29, 1.82) is 0 Å². The van der Waals surface area contributed by atoms with Crippen LogP contribution < -0.4 is 15.4 Å². The van der Waals surface area contributed by atoms with Crippen molar-refractivity contribution in [3.05, 3.63) is 76.6 Å². The first-order valence-corrected chi connectivity index (χ1v) is 9.54. The molecule has 0 N–H and O–H groups in total. The molecule has 3 aromatic rings. The van der Waals surface area contributed by atoms with Crippen LogP contribution in [0.5, 0.6) is 0 Å². The molecule has 7 heteroatoms. The molecule has 0 saturated carbocycles. The van der Waals surface area contributed by atoms with E-state index < -0.39 is 0 Å². The number of hydrogen-bond donors (Lipinski definition) is 0. The Balaban J connectivity index is 1.62. The summed E-state index contributed by atoms with van der Waals surface area (Å²) in [5.41, 5.74) is 3.15. The lowest BCUT2D eigenvalue weighted by Crippen LogP contribution is -2.53. The van der Waals surface area contributed by atoms with E-state index in [2.05, 4.69) is 26.6 Å². The summed E-state index contributed by atoms with van der Waals surface area (Å²) >= 11 is 0. The number of aromatic nitrogens is 3. The van der Waals surface area contributed by atoms with E-state index in [1.165, 1.54) is 0 Å². The van der Waals surface area contributed by atoms with Crippen molar-refractivity contribution < 1.29 is 0 Å². The molecule has 0 unspecified atom stereocenters. The van der Waals surface area contributed by atoms with E-state index in [1.54, 1.807) is 30.1 Å². The third-order valence-electron chi connectivity index (χ3n) is 5.30. The number of benzene rings is 1. The molecule has 1 aliphatic heterocycles. The zero-order chi connectivity index (χ0) is 20.4. The summed E-state index contributed by atoms with van der Waals surface area (Å²) in [6.07, 6.45) is 3.40. The maximum Gasteiger partial charge on any atom is 0.255 e. The van der Waals surface area contributed by atoms with Gasteiger partial charge >= 0.3 is 0 Å². The largest absolute Gasteiger partial charge is 0.369 e. The van der Waals surface area contributed by atoms with E-state index >= 15 is 0 Å². The molecule has 29 heavy (non-hydrogen) atoms. The number of pyridine rings is 1. The average molecular weight is 386 g/mol. The van der Waals surface area contributed by atoms with Gasteiger partial charge in [-0.1, -0.05) is 12.1 Å².